The fourth-order valence-electron chi connectivity index (χ4n) is 1.83. The van der Waals surface area contributed by atoms with Crippen LogP contribution in [0.15, 0.2) is 0 Å². The zero-order valence-corrected chi connectivity index (χ0v) is 10.7. The van der Waals surface area contributed by atoms with Gasteiger partial charge in [-0.1, -0.05) is 6.92 Å². The minimum Gasteiger partial charge on any atom is -0.462 e. The van der Waals surface area contributed by atoms with Crippen molar-refractivity contribution in [3.05, 3.63) is 0 Å². The van der Waals surface area contributed by atoms with Gasteiger partial charge in [-0.25, -0.2) is 0 Å². The molecule has 2 atom stereocenters. The third kappa shape index (κ3) is 6.00. The number of hydrogen-bond donors (Lipinski definition) is 1. The highest BCUT2D eigenvalue weighted by Gasteiger charge is 2.25. The second-order valence-corrected chi connectivity index (χ2v) is 4.41. The van der Waals surface area contributed by atoms with Crippen LogP contribution in [0.3, 0.4) is 0 Å². The van der Waals surface area contributed by atoms with Crippen molar-refractivity contribution in [1.82, 2.24) is 5.32 Å². The van der Waals surface area contributed by atoms with Gasteiger partial charge in [0.25, 0.3) is 0 Å². The average molecular weight is 245 g/mol. The molecule has 5 heteroatoms. The maximum Gasteiger partial charge on any atom is 0.323 e. The summed E-state index contributed by atoms with van der Waals surface area (Å²) in [7, 11) is 1.62. The predicted octanol–water partition coefficient (Wildman–Crippen LogP) is 0.581. The van der Waals surface area contributed by atoms with E-state index in [0.717, 1.165) is 19.4 Å². The lowest BCUT2D eigenvalue weighted by atomic mass is 9.94. The highest BCUT2D eigenvalue weighted by Crippen LogP contribution is 2.15. The normalized spacial score (nSPS) is 24.6. The number of ether oxygens (including phenoxy) is 3. The van der Waals surface area contributed by atoms with E-state index in [1.807, 2.05) is 0 Å². The molecule has 100 valence electrons. The average Bonchev–Trinajstić information content (AvgIpc) is 2.33. The molecule has 1 aliphatic rings. The molecule has 0 bridgehead atoms. The first-order valence-corrected chi connectivity index (χ1v) is 6.20. The topological polar surface area (TPSA) is 56.8 Å². The number of methoxy groups -OCH3 is 1. The number of piperidine rings is 1. The van der Waals surface area contributed by atoms with Gasteiger partial charge in [-0.2, -0.15) is 0 Å². The second-order valence-electron chi connectivity index (χ2n) is 4.41. The molecule has 1 N–H and O–H groups in total. The number of nitrogens with one attached hydrogen (secondary N) is 1. The van der Waals surface area contributed by atoms with Gasteiger partial charge in [0.1, 0.15) is 12.6 Å². The van der Waals surface area contributed by atoms with Crippen LogP contribution in [-0.2, 0) is 19.0 Å². The van der Waals surface area contributed by atoms with Crippen LogP contribution in [0.2, 0.25) is 0 Å². The Hall–Kier alpha value is -0.650. The van der Waals surface area contributed by atoms with Gasteiger partial charge in [-0.05, 0) is 25.3 Å². The summed E-state index contributed by atoms with van der Waals surface area (Å²) in [5.41, 5.74) is 0. The quantitative estimate of drug-likeness (QED) is 0.525. The van der Waals surface area contributed by atoms with Crippen molar-refractivity contribution in [2.75, 3.05) is 40.1 Å². The molecular formula is C12H23NO4. The summed E-state index contributed by atoms with van der Waals surface area (Å²) in [5, 5.41) is 3.18. The Morgan fingerprint density at radius 3 is 2.76 bits per heavy atom. The zero-order chi connectivity index (χ0) is 12.5. The van der Waals surface area contributed by atoms with Crippen LogP contribution < -0.4 is 5.32 Å². The Balaban J connectivity index is 2.04. The van der Waals surface area contributed by atoms with Crippen LogP contribution in [0.5, 0.6) is 0 Å². The first kappa shape index (κ1) is 14.4. The summed E-state index contributed by atoms with van der Waals surface area (Å²) < 4.78 is 15.2. The number of hydrogen-bond acceptors (Lipinski definition) is 5. The van der Waals surface area contributed by atoms with Gasteiger partial charge in [0.15, 0.2) is 0 Å². The van der Waals surface area contributed by atoms with E-state index in [4.69, 9.17) is 14.2 Å². The first-order valence-electron chi connectivity index (χ1n) is 6.20. The van der Waals surface area contributed by atoms with Crippen LogP contribution in [0.1, 0.15) is 19.8 Å². The summed E-state index contributed by atoms with van der Waals surface area (Å²) >= 11 is 0. The Morgan fingerprint density at radius 2 is 2.06 bits per heavy atom. The third-order valence-corrected chi connectivity index (χ3v) is 2.85. The monoisotopic (exact) mass is 245 g/mol. The molecule has 1 fully saturated rings. The van der Waals surface area contributed by atoms with Crippen LogP contribution >= 0.6 is 0 Å². The molecular weight excluding hydrogens is 222 g/mol. The zero-order valence-electron chi connectivity index (χ0n) is 10.7. The summed E-state index contributed by atoms with van der Waals surface area (Å²) in [5.74, 6) is 0.429. The molecule has 0 aromatic rings. The van der Waals surface area contributed by atoms with Gasteiger partial charge in [0.05, 0.1) is 19.8 Å². The van der Waals surface area contributed by atoms with E-state index in [1.54, 1.807) is 7.11 Å². The highest BCUT2D eigenvalue weighted by molar-refractivity contribution is 5.75. The summed E-state index contributed by atoms with van der Waals surface area (Å²) in [6.07, 6.45) is 1.99. The predicted molar refractivity (Wildman–Crippen MR) is 63.8 cm³/mol. The van der Waals surface area contributed by atoms with Crippen molar-refractivity contribution >= 4 is 5.97 Å². The molecule has 1 rings (SSSR count). The lowest BCUT2D eigenvalue weighted by molar-refractivity contribution is -0.148. The van der Waals surface area contributed by atoms with Gasteiger partial charge in [0.2, 0.25) is 0 Å². The van der Waals surface area contributed by atoms with Gasteiger partial charge < -0.3 is 19.5 Å². The van der Waals surface area contributed by atoms with E-state index < -0.39 is 0 Å². The van der Waals surface area contributed by atoms with E-state index in [1.165, 1.54) is 0 Å². The second kappa shape index (κ2) is 8.44. The van der Waals surface area contributed by atoms with Gasteiger partial charge in [-0.15, -0.1) is 0 Å². The van der Waals surface area contributed by atoms with Gasteiger partial charge in [-0.3, -0.25) is 4.79 Å². The summed E-state index contributed by atoms with van der Waals surface area (Å²) in [6, 6.07) is -0.141. The molecule has 17 heavy (non-hydrogen) atoms. The van der Waals surface area contributed by atoms with Gasteiger partial charge in [0, 0.05) is 7.11 Å². The van der Waals surface area contributed by atoms with Crippen molar-refractivity contribution in [2.24, 2.45) is 5.92 Å². The molecule has 1 heterocycles. The molecule has 1 saturated heterocycles. The Kier molecular flexibility index (Phi) is 7.16. The molecule has 0 aliphatic carbocycles. The Labute approximate surface area is 103 Å². The minimum atomic E-state index is -0.160. The van der Waals surface area contributed by atoms with Crippen molar-refractivity contribution in [3.63, 3.8) is 0 Å². The van der Waals surface area contributed by atoms with E-state index in [9.17, 15) is 4.79 Å². The molecule has 0 radical (unpaired) electrons. The van der Waals surface area contributed by atoms with Crippen molar-refractivity contribution in [1.29, 1.82) is 0 Å². The van der Waals surface area contributed by atoms with Crippen molar-refractivity contribution in [2.45, 2.75) is 25.8 Å². The molecule has 0 amide bonds. The first-order chi connectivity index (χ1) is 8.24. The lowest BCUT2D eigenvalue weighted by Gasteiger charge is -2.26. The molecule has 0 aromatic carbocycles. The molecule has 0 saturated carbocycles. The van der Waals surface area contributed by atoms with Crippen LogP contribution in [0.4, 0.5) is 0 Å². The SMILES string of the molecule is COCCOCCOC(=O)C1CC(C)CCN1. The summed E-state index contributed by atoms with van der Waals surface area (Å²) in [6.45, 7) is 4.90. The maximum absolute atomic E-state index is 11.7. The van der Waals surface area contributed by atoms with Gasteiger partial charge >= 0.3 is 5.97 Å². The maximum atomic E-state index is 11.7. The third-order valence-electron chi connectivity index (χ3n) is 2.85. The van der Waals surface area contributed by atoms with Crippen LogP contribution in [0, 0.1) is 5.92 Å². The van der Waals surface area contributed by atoms with E-state index >= 15 is 0 Å². The van der Waals surface area contributed by atoms with E-state index in [0.29, 0.717) is 32.3 Å². The summed E-state index contributed by atoms with van der Waals surface area (Å²) in [4.78, 5) is 11.7. The Bertz CT molecular complexity index is 223. The molecule has 1 aliphatic heterocycles. The molecule has 2 unspecified atom stereocenters. The van der Waals surface area contributed by atoms with E-state index in [-0.39, 0.29) is 12.0 Å². The number of esters is 1. The Morgan fingerprint density at radius 1 is 1.29 bits per heavy atom. The largest absolute Gasteiger partial charge is 0.462 e. The standard InChI is InChI=1S/C12H23NO4/c1-10-3-4-13-11(9-10)12(14)17-8-7-16-6-5-15-2/h10-11,13H,3-9H2,1-2H3. The van der Waals surface area contributed by atoms with E-state index in [2.05, 4.69) is 12.2 Å². The minimum absolute atomic E-state index is 0.141. The van der Waals surface area contributed by atoms with Crippen molar-refractivity contribution in [3.8, 4) is 0 Å². The lowest BCUT2D eigenvalue weighted by Crippen LogP contribution is -2.44. The fraction of sp³-hybridized carbons (Fsp3) is 0.917. The van der Waals surface area contributed by atoms with Crippen LogP contribution in [0.25, 0.3) is 0 Å². The van der Waals surface area contributed by atoms with Crippen LogP contribution in [-0.4, -0.2) is 52.1 Å². The molecule has 0 spiro atoms. The molecule has 0 aromatic heterocycles. The number of rotatable bonds is 7. The van der Waals surface area contributed by atoms with Crippen molar-refractivity contribution < 1.29 is 19.0 Å². The number of carbonyl (C=O) groups excluding carboxylic acids is 1. The highest BCUT2D eigenvalue weighted by atomic mass is 16.6. The molecule has 5 nitrogen and oxygen atoms in total. The smallest absolute Gasteiger partial charge is 0.323 e. The number of carbonyl (C=O) groups is 1. The fourth-order valence-corrected chi connectivity index (χ4v) is 1.83.